The Morgan fingerprint density at radius 1 is 1.29 bits per heavy atom. The van der Waals surface area contributed by atoms with E-state index >= 15 is 0 Å². The summed E-state index contributed by atoms with van der Waals surface area (Å²) in [5.74, 6) is -0.912. The van der Waals surface area contributed by atoms with E-state index < -0.39 is 24.3 Å². The summed E-state index contributed by atoms with van der Waals surface area (Å²) in [5.41, 5.74) is 0. The molecule has 1 aliphatic rings. The maximum absolute atomic E-state index is 10.7. The molecule has 5 nitrogen and oxygen atoms in total. The maximum atomic E-state index is 10.7. The molecule has 0 saturated heterocycles. The lowest BCUT2D eigenvalue weighted by Crippen LogP contribution is -2.37. The predicted octanol–water partition coefficient (Wildman–Crippen LogP) is 0.394. The van der Waals surface area contributed by atoms with Gasteiger partial charge in [-0.1, -0.05) is 6.08 Å². The number of carbonyl (C=O) groups excluding carboxylic acids is 2. The van der Waals surface area contributed by atoms with Crippen LogP contribution in [0.2, 0.25) is 0 Å². The molecule has 0 radical (unpaired) electrons. The van der Waals surface area contributed by atoms with Crippen molar-refractivity contribution in [1.29, 1.82) is 0 Å². The van der Waals surface area contributed by atoms with Crippen LogP contribution in [0.4, 0.5) is 0 Å². The predicted molar refractivity (Wildman–Crippen MR) is 46.2 cm³/mol. The number of carbonyl (C=O) groups is 2. The molecule has 78 valence electrons. The Labute approximate surface area is 81.6 Å². The quantitative estimate of drug-likeness (QED) is 0.476. The second-order valence-corrected chi connectivity index (χ2v) is 2.81. The van der Waals surface area contributed by atoms with Crippen molar-refractivity contribution in [2.24, 2.45) is 0 Å². The molecule has 1 heterocycles. The molecule has 1 aliphatic heterocycles. The van der Waals surface area contributed by atoms with Crippen molar-refractivity contribution in [1.82, 2.24) is 0 Å². The molecular formula is C9H12O5. The smallest absolute Gasteiger partial charge is 0.305 e. The molecule has 0 aliphatic carbocycles. The number of rotatable bonds is 2. The van der Waals surface area contributed by atoms with Gasteiger partial charge < -0.3 is 14.2 Å². The van der Waals surface area contributed by atoms with Gasteiger partial charge in [0.25, 0.3) is 0 Å². The van der Waals surface area contributed by atoms with Gasteiger partial charge in [-0.3, -0.25) is 9.59 Å². The molecule has 14 heavy (non-hydrogen) atoms. The van der Waals surface area contributed by atoms with Crippen LogP contribution < -0.4 is 0 Å². The second kappa shape index (κ2) is 4.76. The SMILES string of the molecule is CC(=O)OC1OCC=C[C@@H]1OC(C)=O. The van der Waals surface area contributed by atoms with Crippen molar-refractivity contribution in [2.45, 2.75) is 26.2 Å². The van der Waals surface area contributed by atoms with Gasteiger partial charge >= 0.3 is 11.9 Å². The second-order valence-electron chi connectivity index (χ2n) is 2.81. The summed E-state index contributed by atoms with van der Waals surface area (Å²) < 4.78 is 14.8. The lowest BCUT2D eigenvalue weighted by atomic mass is 10.2. The van der Waals surface area contributed by atoms with Crippen LogP contribution >= 0.6 is 0 Å². The first-order valence-corrected chi connectivity index (χ1v) is 4.22. The van der Waals surface area contributed by atoms with Crippen molar-refractivity contribution in [3.8, 4) is 0 Å². The fourth-order valence-electron chi connectivity index (χ4n) is 1.08. The minimum absolute atomic E-state index is 0.343. The zero-order chi connectivity index (χ0) is 10.6. The van der Waals surface area contributed by atoms with Gasteiger partial charge in [0.2, 0.25) is 6.29 Å². The Kier molecular flexibility index (Phi) is 3.64. The summed E-state index contributed by atoms with van der Waals surface area (Å²) in [5, 5.41) is 0. The van der Waals surface area contributed by atoms with E-state index in [4.69, 9.17) is 14.2 Å². The summed E-state index contributed by atoms with van der Waals surface area (Å²) in [6.07, 6.45) is 1.86. The zero-order valence-electron chi connectivity index (χ0n) is 8.06. The Balaban J connectivity index is 2.57. The summed E-state index contributed by atoms with van der Waals surface area (Å²) >= 11 is 0. The highest BCUT2D eigenvalue weighted by Gasteiger charge is 2.27. The van der Waals surface area contributed by atoms with Crippen LogP contribution in [0.1, 0.15) is 13.8 Å². The first-order chi connectivity index (χ1) is 6.59. The summed E-state index contributed by atoms with van der Waals surface area (Å²) in [6, 6.07) is 0. The van der Waals surface area contributed by atoms with E-state index in [0.29, 0.717) is 6.61 Å². The van der Waals surface area contributed by atoms with Gasteiger partial charge in [-0.15, -0.1) is 0 Å². The van der Waals surface area contributed by atoms with Gasteiger partial charge in [-0.25, -0.2) is 0 Å². The van der Waals surface area contributed by atoms with Gasteiger partial charge in [0.05, 0.1) is 6.61 Å². The van der Waals surface area contributed by atoms with Crippen LogP contribution in [-0.2, 0) is 23.8 Å². The van der Waals surface area contributed by atoms with Crippen molar-refractivity contribution in [3.63, 3.8) is 0 Å². The molecular weight excluding hydrogens is 188 g/mol. The molecule has 1 rings (SSSR count). The van der Waals surface area contributed by atoms with E-state index in [1.165, 1.54) is 13.8 Å². The molecule has 0 amide bonds. The van der Waals surface area contributed by atoms with Crippen LogP contribution in [0.25, 0.3) is 0 Å². The summed E-state index contributed by atoms with van der Waals surface area (Å²) in [4.78, 5) is 21.4. The first-order valence-electron chi connectivity index (χ1n) is 4.22. The van der Waals surface area contributed by atoms with Gasteiger partial charge in [-0.2, -0.15) is 0 Å². The summed E-state index contributed by atoms with van der Waals surface area (Å²) in [7, 11) is 0. The van der Waals surface area contributed by atoms with E-state index in [-0.39, 0.29) is 0 Å². The third kappa shape index (κ3) is 3.18. The fourth-order valence-corrected chi connectivity index (χ4v) is 1.08. The lowest BCUT2D eigenvalue weighted by molar-refractivity contribution is -0.203. The van der Waals surface area contributed by atoms with Crippen molar-refractivity contribution in [3.05, 3.63) is 12.2 Å². The molecule has 0 saturated carbocycles. The van der Waals surface area contributed by atoms with Crippen LogP contribution in [0.3, 0.4) is 0 Å². The summed E-state index contributed by atoms with van der Waals surface area (Å²) in [6.45, 7) is 2.90. The maximum Gasteiger partial charge on any atom is 0.305 e. The molecule has 2 atom stereocenters. The highest BCUT2D eigenvalue weighted by molar-refractivity contribution is 5.67. The van der Waals surface area contributed by atoms with Crippen molar-refractivity contribution < 1.29 is 23.8 Å². The van der Waals surface area contributed by atoms with E-state index in [9.17, 15) is 9.59 Å². The minimum Gasteiger partial charge on any atom is -0.452 e. The number of ether oxygens (including phenoxy) is 3. The van der Waals surface area contributed by atoms with Crippen molar-refractivity contribution in [2.75, 3.05) is 6.61 Å². The molecule has 0 aromatic heterocycles. The van der Waals surface area contributed by atoms with Gasteiger partial charge in [0.15, 0.2) is 6.10 Å². The van der Waals surface area contributed by atoms with E-state index in [1.807, 2.05) is 0 Å². The normalized spacial score (nSPS) is 25.6. The van der Waals surface area contributed by atoms with E-state index in [1.54, 1.807) is 12.2 Å². The average molecular weight is 200 g/mol. The Morgan fingerprint density at radius 2 is 1.93 bits per heavy atom. The number of esters is 2. The molecule has 0 aromatic carbocycles. The van der Waals surface area contributed by atoms with Crippen LogP contribution in [0.5, 0.6) is 0 Å². The number of hydrogen-bond donors (Lipinski definition) is 0. The average Bonchev–Trinajstić information content (AvgIpc) is 2.06. The largest absolute Gasteiger partial charge is 0.452 e. The highest BCUT2D eigenvalue weighted by Crippen LogP contribution is 2.13. The topological polar surface area (TPSA) is 61.8 Å². The van der Waals surface area contributed by atoms with Gasteiger partial charge in [0.1, 0.15) is 0 Å². The van der Waals surface area contributed by atoms with Gasteiger partial charge in [-0.05, 0) is 6.08 Å². The van der Waals surface area contributed by atoms with Crippen LogP contribution in [0.15, 0.2) is 12.2 Å². The molecule has 5 heteroatoms. The van der Waals surface area contributed by atoms with Crippen LogP contribution in [-0.4, -0.2) is 30.9 Å². The molecule has 0 bridgehead atoms. The molecule has 0 aromatic rings. The van der Waals surface area contributed by atoms with E-state index in [0.717, 1.165) is 0 Å². The lowest BCUT2D eigenvalue weighted by Gasteiger charge is -2.26. The van der Waals surface area contributed by atoms with Crippen LogP contribution in [0, 0.1) is 0 Å². The first kappa shape index (κ1) is 10.7. The molecule has 0 N–H and O–H groups in total. The Morgan fingerprint density at radius 3 is 2.50 bits per heavy atom. The third-order valence-electron chi connectivity index (χ3n) is 1.53. The number of hydrogen-bond acceptors (Lipinski definition) is 5. The minimum atomic E-state index is -0.832. The van der Waals surface area contributed by atoms with Crippen molar-refractivity contribution >= 4 is 11.9 Å². The highest BCUT2D eigenvalue weighted by atomic mass is 16.7. The van der Waals surface area contributed by atoms with E-state index in [2.05, 4.69) is 0 Å². The standard InChI is InChI=1S/C9H12O5/c1-6(10)13-8-4-3-5-12-9(8)14-7(2)11/h3-4,8-9H,5H2,1-2H3/t8-,9?/m0/s1. The monoisotopic (exact) mass is 200 g/mol. The Hall–Kier alpha value is -1.36. The Bertz CT molecular complexity index is 258. The van der Waals surface area contributed by atoms with Gasteiger partial charge in [0, 0.05) is 13.8 Å². The fraction of sp³-hybridized carbons (Fsp3) is 0.556. The third-order valence-corrected chi connectivity index (χ3v) is 1.53. The molecule has 0 spiro atoms. The molecule has 0 fully saturated rings. The zero-order valence-corrected chi connectivity index (χ0v) is 8.06. The molecule has 1 unspecified atom stereocenters.